The lowest BCUT2D eigenvalue weighted by atomic mass is 9.99. The van der Waals surface area contributed by atoms with Crippen molar-refractivity contribution in [2.45, 2.75) is 12.4 Å². The largest absolute Gasteiger partial charge is 0.478 e. The SMILES string of the molecule is C=C(C(=O)O)C(C(F)(F)F)C(F)(F)F.C=CC(=O)O. The molecule has 4 nitrogen and oxygen atoms in total. The van der Waals surface area contributed by atoms with Crippen LogP contribution >= 0.6 is 0 Å². The number of carbonyl (C=O) groups is 2. The molecular formula is C9H8F6O4. The zero-order valence-electron chi connectivity index (χ0n) is 9.05. The van der Waals surface area contributed by atoms with Crippen LogP contribution in [0.15, 0.2) is 24.8 Å². The lowest BCUT2D eigenvalue weighted by molar-refractivity contribution is -0.271. The van der Waals surface area contributed by atoms with E-state index in [0.717, 1.165) is 6.08 Å². The van der Waals surface area contributed by atoms with Crippen molar-refractivity contribution in [3.8, 4) is 0 Å². The summed E-state index contributed by atoms with van der Waals surface area (Å²) in [6, 6.07) is 0. The summed E-state index contributed by atoms with van der Waals surface area (Å²) < 4.78 is 70.7. The van der Waals surface area contributed by atoms with E-state index < -0.39 is 35.8 Å². The summed E-state index contributed by atoms with van der Waals surface area (Å²) in [6.07, 6.45) is -10.6. The molecule has 0 unspecified atom stereocenters. The highest BCUT2D eigenvalue weighted by atomic mass is 19.4. The van der Waals surface area contributed by atoms with Crippen LogP contribution in [0.25, 0.3) is 0 Å². The average Bonchev–Trinajstić information content (AvgIpc) is 2.13. The highest BCUT2D eigenvalue weighted by Gasteiger charge is 2.59. The molecule has 0 aromatic carbocycles. The fourth-order valence-corrected chi connectivity index (χ4v) is 0.704. The van der Waals surface area contributed by atoms with Crippen molar-refractivity contribution in [1.29, 1.82) is 0 Å². The lowest BCUT2D eigenvalue weighted by Crippen LogP contribution is -2.39. The minimum atomic E-state index is -5.70. The third-order valence-electron chi connectivity index (χ3n) is 1.45. The van der Waals surface area contributed by atoms with Crippen molar-refractivity contribution in [3.05, 3.63) is 24.8 Å². The smallest absolute Gasteiger partial charge is 0.404 e. The predicted octanol–water partition coefficient (Wildman–Crippen LogP) is 2.62. The van der Waals surface area contributed by atoms with Crippen LogP contribution in [0.5, 0.6) is 0 Å². The van der Waals surface area contributed by atoms with Crippen molar-refractivity contribution in [2.24, 2.45) is 5.92 Å². The van der Waals surface area contributed by atoms with Gasteiger partial charge in [0.05, 0.1) is 5.57 Å². The topological polar surface area (TPSA) is 74.6 Å². The Bertz CT molecular complexity index is 354. The van der Waals surface area contributed by atoms with Gasteiger partial charge < -0.3 is 10.2 Å². The Morgan fingerprint density at radius 3 is 1.32 bits per heavy atom. The van der Waals surface area contributed by atoms with Crippen LogP contribution in [0.2, 0.25) is 0 Å². The van der Waals surface area contributed by atoms with Gasteiger partial charge in [-0.25, -0.2) is 9.59 Å². The fraction of sp³-hybridized carbons (Fsp3) is 0.333. The number of halogens is 6. The number of carboxylic acid groups (broad SMARTS) is 2. The van der Waals surface area contributed by atoms with Gasteiger partial charge in [-0.2, -0.15) is 26.3 Å². The lowest BCUT2D eigenvalue weighted by Gasteiger charge is -2.22. The first-order valence-electron chi connectivity index (χ1n) is 4.16. The standard InChI is InChI=1S/C6H4F6O2.C3H4O2/c1-2(4(13)14)3(5(7,8)9)6(10,11)12;1-2-3(4)5/h3H,1H2,(H,13,14);2H,1H2,(H,4,5). The predicted molar refractivity (Wildman–Crippen MR) is 50.2 cm³/mol. The highest BCUT2D eigenvalue weighted by molar-refractivity contribution is 5.86. The van der Waals surface area contributed by atoms with Gasteiger partial charge in [0.25, 0.3) is 0 Å². The molecule has 2 N–H and O–H groups in total. The molecule has 10 heteroatoms. The molecule has 0 aromatic rings. The number of carboxylic acids is 2. The molecule has 0 rings (SSSR count). The summed E-state index contributed by atoms with van der Waals surface area (Å²) >= 11 is 0. The summed E-state index contributed by atoms with van der Waals surface area (Å²) in [4.78, 5) is 19.2. The van der Waals surface area contributed by atoms with Gasteiger partial charge >= 0.3 is 24.3 Å². The van der Waals surface area contributed by atoms with Crippen LogP contribution in [0.3, 0.4) is 0 Å². The van der Waals surface area contributed by atoms with Gasteiger partial charge in [-0.1, -0.05) is 13.2 Å². The maximum Gasteiger partial charge on any atom is 0.404 e. The molecule has 0 amide bonds. The van der Waals surface area contributed by atoms with Gasteiger partial charge in [0.15, 0.2) is 5.92 Å². The molecule has 110 valence electrons. The first-order valence-corrected chi connectivity index (χ1v) is 4.16. The van der Waals surface area contributed by atoms with E-state index in [0.29, 0.717) is 0 Å². The highest BCUT2D eigenvalue weighted by Crippen LogP contribution is 2.43. The molecule has 0 atom stereocenters. The van der Waals surface area contributed by atoms with Crippen LogP contribution in [0, 0.1) is 5.92 Å². The number of hydrogen-bond donors (Lipinski definition) is 2. The summed E-state index contributed by atoms with van der Waals surface area (Å²) in [5.41, 5.74) is -1.94. The van der Waals surface area contributed by atoms with Crippen LogP contribution in [-0.2, 0) is 9.59 Å². The van der Waals surface area contributed by atoms with Crippen molar-refractivity contribution in [2.75, 3.05) is 0 Å². The minimum absolute atomic E-state index is 0.833. The van der Waals surface area contributed by atoms with Gasteiger partial charge in [0.2, 0.25) is 0 Å². The number of rotatable bonds is 3. The molecule has 0 aromatic heterocycles. The second-order valence-electron chi connectivity index (χ2n) is 2.89. The maximum atomic E-state index is 11.8. The van der Waals surface area contributed by atoms with Gasteiger partial charge in [-0.05, 0) is 0 Å². The van der Waals surface area contributed by atoms with Crippen LogP contribution in [0.4, 0.5) is 26.3 Å². The molecule has 0 aliphatic carbocycles. The van der Waals surface area contributed by atoms with Gasteiger partial charge in [0.1, 0.15) is 0 Å². The number of alkyl halides is 6. The Balaban J connectivity index is 0. The summed E-state index contributed by atoms with van der Waals surface area (Å²) in [7, 11) is 0. The van der Waals surface area contributed by atoms with Gasteiger partial charge in [-0.15, -0.1) is 0 Å². The number of aliphatic carboxylic acids is 2. The number of hydrogen-bond acceptors (Lipinski definition) is 2. The van der Waals surface area contributed by atoms with Crippen LogP contribution in [0.1, 0.15) is 0 Å². The first kappa shape index (κ1) is 19.3. The monoisotopic (exact) mass is 294 g/mol. The average molecular weight is 294 g/mol. The second kappa shape index (κ2) is 6.81. The van der Waals surface area contributed by atoms with Crippen molar-refractivity contribution < 1.29 is 46.1 Å². The third-order valence-corrected chi connectivity index (χ3v) is 1.45. The third kappa shape index (κ3) is 7.84. The van der Waals surface area contributed by atoms with Crippen LogP contribution < -0.4 is 0 Å². The Morgan fingerprint density at radius 1 is 1.00 bits per heavy atom. The Labute approximate surface area is 102 Å². The molecule has 0 heterocycles. The molecule has 0 fully saturated rings. The normalized spacial score (nSPS) is 11.3. The molecule has 0 bridgehead atoms. The van der Waals surface area contributed by atoms with E-state index in [-0.39, 0.29) is 0 Å². The van der Waals surface area contributed by atoms with E-state index in [1.165, 1.54) is 0 Å². The zero-order valence-corrected chi connectivity index (χ0v) is 9.05. The quantitative estimate of drug-likeness (QED) is 0.620. The molecule has 0 saturated heterocycles. The molecule has 0 aliphatic heterocycles. The van der Waals surface area contributed by atoms with E-state index >= 15 is 0 Å². The Morgan fingerprint density at radius 2 is 1.26 bits per heavy atom. The Kier molecular flexibility index (Phi) is 6.93. The fourth-order valence-electron chi connectivity index (χ4n) is 0.704. The molecule has 0 aliphatic rings. The maximum absolute atomic E-state index is 11.8. The molecule has 0 spiro atoms. The minimum Gasteiger partial charge on any atom is -0.478 e. The molecule has 19 heavy (non-hydrogen) atoms. The van der Waals surface area contributed by atoms with Crippen molar-refractivity contribution in [1.82, 2.24) is 0 Å². The summed E-state index contributed by atoms with van der Waals surface area (Å²) in [6.45, 7) is 5.21. The van der Waals surface area contributed by atoms with Crippen molar-refractivity contribution in [3.63, 3.8) is 0 Å². The molecular weight excluding hydrogens is 286 g/mol. The second-order valence-corrected chi connectivity index (χ2v) is 2.89. The molecule has 0 saturated carbocycles. The Hall–Kier alpha value is -2.00. The van der Waals surface area contributed by atoms with Crippen molar-refractivity contribution >= 4 is 11.9 Å². The summed E-state index contributed by atoms with van der Waals surface area (Å²) in [5, 5.41) is 15.6. The zero-order chi connectivity index (χ0) is 16.0. The molecule has 0 radical (unpaired) electrons. The van der Waals surface area contributed by atoms with E-state index in [2.05, 4.69) is 13.2 Å². The van der Waals surface area contributed by atoms with E-state index in [9.17, 15) is 35.9 Å². The van der Waals surface area contributed by atoms with Gasteiger partial charge in [0, 0.05) is 6.08 Å². The van der Waals surface area contributed by atoms with Gasteiger partial charge in [-0.3, -0.25) is 0 Å². The van der Waals surface area contributed by atoms with E-state index in [1.54, 1.807) is 0 Å². The van der Waals surface area contributed by atoms with E-state index in [1.807, 2.05) is 0 Å². The van der Waals surface area contributed by atoms with Crippen LogP contribution in [-0.4, -0.2) is 34.5 Å². The first-order chi connectivity index (χ1) is 8.25. The summed E-state index contributed by atoms with van der Waals surface area (Å²) in [5.74, 6) is -7.33. The van der Waals surface area contributed by atoms with E-state index in [4.69, 9.17) is 10.2 Å².